The van der Waals surface area contributed by atoms with Crippen molar-refractivity contribution >= 4 is 11.7 Å². The molecule has 2 aromatic rings. The van der Waals surface area contributed by atoms with Crippen molar-refractivity contribution < 1.29 is 13.6 Å². The second-order valence-electron chi connectivity index (χ2n) is 5.76. The molecule has 6 heteroatoms. The van der Waals surface area contributed by atoms with Gasteiger partial charge in [0.25, 0.3) is 0 Å². The largest absolute Gasteiger partial charge is 0.322 e. The number of hydrogen-bond acceptors (Lipinski definition) is 2. The Labute approximate surface area is 140 Å². The summed E-state index contributed by atoms with van der Waals surface area (Å²) in [6.45, 7) is 1.56. The van der Waals surface area contributed by atoms with Crippen LogP contribution in [0.4, 0.5) is 19.3 Å². The van der Waals surface area contributed by atoms with Crippen LogP contribution in [0.1, 0.15) is 5.56 Å². The average Bonchev–Trinajstić information content (AvgIpc) is 2.54. The maximum Gasteiger partial charge on any atom is 0.322 e. The normalized spacial score (nSPS) is 10.7. The molecule has 2 rings (SSSR count). The Morgan fingerprint density at radius 3 is 2.38 bits per heavy atom. The topological polar surface area (TPSA) is 35.6 Å². The van der Waals surface area contributed by atoms with Crippen molar-refractivity contribution in [1.29, 1.82) is 0 Å². The van der Waals surface area contributed by atoms with Gasteiger partial charge in [-0.1, -0.05) is 30.3 Å². The highest BCUT2D eigenvalue weighted by Gasteiger charge is 2.16. The molecule has 4 nitrogen and oxygen atoms in total. The van der Waals surface area contributed by atoms with Crippen LogP contribution in [0.2, 0.25) is 0 Å². The molecule has 0 unspecified atom stereocenters. The molecule has 0 heterocycles. The van der Waals surface area contributed by atoms with Crippen LogP contribution in [0.5, 0.6) is 0 Å². The highest BCUT2D eigenvalue weighted by Crippen LogP contribution is 2.16. The molecule has 0 fully saturated rings. The van der Waals surface area contributed by atoms with Crippen LogP contribution >= 0.6 is 0 Å². The molecule has 0 aromatic heterocycles. The van der Waals surface area contributed by atoms with Gasteiger partial charge >= 0.3 is 6.03 Å². The quantitative estimate of drug-likeness (QED) is 0.877. The molecule has 0 bridgehead atoms. The molecule has 0 radical (unpaired) electrons. The SMILES string of the molecule is CN(C)CCN(Cc1ccccc1)C(=O)Nc1ccc(F)cc1F. The fourth-order valence-corrected chi connectivity index (χ4v) is 2.16. The summed E-state index contributed by atoms with van der Waals surface area (Å²) in [6.07, 6.45) is 0. The molecule has 0 aliphatic rings. The van der Waals surface area contributed by atoms with Gasteiger partial charge in [-0.25, -0.2) is 13.6 Å². The molecule has 24 heavy (non-hydrogen) atoms. The van der Waals surface area contributed by atoms with E-state index in [0.29, 0.717) is 19.6 Å². The molecule has 2 aromatic carbocycles. The van der Waals surface area contributed by atoms with E-state index in [-0.39, 0.29) is 5.69 Å². The molecule has 0 saturated heterocycles. The van der Waals surface area contributed by atoms with Crippen molar-refractivity contribution in [1.82, 2.24) is 9.80 Å². The number of halogens is 2. The molecule has 0 aliphatic carbocycles. The van der Waals surface area contributed by atoms with Gasteiger partial charge in [-0.05, 0) is 31.8 Å². The molecule has 0 atom stereocenters. The first-order valence-corrected chi connectivity index (χ1v) is 7.65. The van der Waals surface area contributed by atoms with E-state index in [1.54, 1.807) is 4.90 Å². The molecule has 0 saturated carbocycles. The van der Waals surface area contributed by atoms with Gasteiger partial charge in [0.1, 0.15) is 11.6 Å². The summed E-state index contributed by atoms with van der Waals surface area (Å²) in [4.78, 5) is 16.1. The second kappa shape index (κ2) is 8.40. The van der Waals surface area contributed by atoms with E-state index in [1.807, 2.05) is 49.3 Å². The maximum atomic E-state index is 13.7. The molecule has 2 amide bonds. The minimum Gasteiger partial charge on any atom is -0.319 e. The zero-order chi connectivity index (χ0) is 17.5. The van der Waals surface area contributed by atoms with Gasteiger partial charge in [0.2, 0.25) is 0 Å². The van der Waals surface area contributed by atoms with Crippen molar-refractivity contribution in [2.45, 2.75) is 6.54 Å². The smallest absolute Gasteiger partial charge is 0.319 e. The Hall–Kier alpha value is -2.47. The summed E-state index contributed by atoms with van der Waals surface area (Å²) in [5, 5.41) is 2.51. The lowest BCUT2D eigenvalue weighted by molar-refractivity contribution is 0.202. The van der Waals surface area contributed by atoms with Gasteiger partial charge in [-0.3, -0.25) is 0 Å². The van der Waals surface area contributed by atoms with Crippen LogP contribution in [0.25, 0.3) is 0 Å². The van der Waals surface area contributed by atoms with Gasteiger partial charge in [0.15, 0.2) is 0 Å². The first kappa shape index (κ1) is 17.9. The molecular weight excluding hydrogens is 312 g/mol. The van der Waals surface area contributed by atoms with Gasteiger partial charge in [-0.2, -0.15) is 0 Å². The van der Waals surface area contributed by atoms with Crippen LogP contribution in [-0.4, -0.2) is 43.0 Å². The van der Waals surface area contributed by atoms with E-state index in [4.69, 9.17) is 0 Å². The molecule has 1 N–H and O–H groups in total. The number of hydrogen-bond donors (Lipinski definition) is 1. The summed E-state index contributed by atoms with van der Waals surface area (Å²) < 4.78 is 26.7. The summed E-state index contributed by atoms with van der Waals surface area (Å²) in [5.41, 5.74) is 0.940. The monoisotopic (exact) mass is 333 g/mol. The zero-order valence-electron chi connectivity index (χ0n) is 13.8. The number of nitrogens with zero attached hydrogens (tertiary/aromatic N) is 2. The van der Waals surface area contributed by atoms with Gasteiger partial charge in [0.05, 0.1) is 5.69 Å². The first-order valence-electron chi connectivity index (χ1n) is 7.65. The van der Waals surface area contributed by atoms with E-state index in [9.17, 15) is 13.6 Å². The highest BCUT2D eigenvalue weighted by molar-refractivity contribution is 5.89. The van der Waals surface area contributed by atoms with Gasteiger partial charge in [0, 0.05) is 25.7 Å². The maximum absolute atomic E-state index is 13.7. The fraction of sp³-hybridized carbons (Fsp3) is 0.278. The molecule has 128 valence electrons. The minimum atomic E-state index is -0.796. The average molecular weight is 333 g/mol. The summed E-state index contributed by atoms with van der Waals surface area (Å²) >= 11 is 0. The van der Waals surface area contributed by atoms with E-state index >= 15 is 0 Å². The fourth-order valence-electron chi connectivity index (χ4n) is 2.16. The van der Waals surface area contributed by atoms with E-state index in [2.05, 4.69) is 5.32 Å². The van der Waals surface area contributed by atoms with E-state index < -0.39 is 17.7 Å². The number of urea groups is 1. The number of amides is 2. The Morgan fingerprint density at radius 1 is 1.04 bits per heavy atom. The third-order valence-electron chi connectivity index (χ3n) is 3.49. The third-order valence-corrected chi connectivity index (χ3v) is 3.49. The van der Waals surface area contributed by atoms with Crippen LogP contribution in [-0.2, 0) is 6.54 Å². The highest BCUT2D eigenvalue weighted by atomic mass is 19.1. The number of benzene rings is 2. The van der Waals surface area contributed by atoms with Gasteiger partial charge < -0.3 is 15.1 Å². The van der Waals surface area contributed by atoms with E-state index in [0.717, 1.165) is 17.7 Å². The van der Waals surface area contributed by atoms with Crippen LogP contribution in [0.3, 0.4) is 0 Å². The lowest BCUT2D eigenvalue weighted by Gasteiger charge is -2.25. The van der Waals surface area contributed by atoms with Gasteiger partial charge in [-0.15, -0.1) is 0 Å². The van der Waals surface area contributed by atoms with Crippen LogP contribution in [0, 0.1) is 11.6 Å². The number of rotatable bonds is 6. The number of nitrogens with one attached hydrogen (secondary N) is 1. The van der Waals surface area contributed by atoms with Crippen molar-refractivity contribution in [3.63, 3.8) is 0 Å². The number of carbonyl (C=O) groups is 1. The molecular formula is C18H21F2N3O. The van der Waals surface area contributed by atoms with Crippen LogP contribution < -0.4 is 5.32 Å². The summed E-state index contributed by atoms with van der Waals surface area (Å²) in [5.74, 6) is -1.48. The first-order chi connectivity index (χ1) is 11.5. The minimum absolute atomic E-state index is 0.0377. The Morgan fingerprint density at radius 2 is 1.75 bits per heavy atom. The third kappa shape index (κ3) is 5.31. The van der Waals surface area contributed by atoms with Crippen molar-refractivity contribution in [2.75, 3.05) is 32.5 Å². The standard InChI is InChI=1S/C18H21F2N3O/c1-22(2)10-11-23(13-14-6-4-3-5-7-14)18(24)21-17-9-8-15(19)12-16(17)20/h3-9,12H,10-11,13H2,1-2H3,(H,21,24). The predicted molar refractivity (Wildman–Crippen MR) is 90.8 cm³/mol. The second-order valence-corrected chi connectivity index (χ2v) is 5.76. The number of likely N-dealkylation sites (N-methyl/N-ethyl adjacent to an activating group) is 1. The lowest BCUT2D eigenvalue weighted by Crippen LogP contribution is -2.39. The van der Waals surface area contributed by atoms with Crippen molar-refractivity contribution in [2.24, 2.45) is 0 Å². The van der Waals surface area contributed by atoms with Crippen molar-refractivity contribution in [3.8, 4) is 0 Å². The van der Waals surface area contributed by atoms with E-state index in [1.165, 1.54) is 6.07 Å². The summed E-state index contributed by atoms with van der Waals surface area (Å²) in [6, 6.07) is 12.2. The number of carbonyl (C=O) groups excluding carboxylic acids is 1. The Balaban J connectivity index is 2.10. The lowest BCUT2D eigenvalue weighted by atomic mass is 10.2. The van der Waals surface area contributed by atoms with Crippen molar-refractivity contribution in [3.05, 3.63) is 65.7 Å². The van der Waals surface area contributed by atoms with Crippen LogP contribution in [0.15, 0.2) is 48.5 Å². The Bertz CT molecular complexity index is 677. The molecule has 0 spiro atoms. The number of anilines is 1. The Kier molecular flexibility index (Phi) is 6.26. The molecule has 0 aliphatic heterocycles. The predicted octanol–water partition coefficient (Wildman–Crippen LogP) is 3.56. The zero-order valence-corrected chi connectivity index (χ0v) is 13.8. The summed E-state index contributed by atoms with van der Waals surface area (Å²) in [7, 11) is 3.83.